The molecule has 0 bridgehead atoms. The Morgan fingerprint density at radius 1 is 0.233 bits per heavy atom. The Balaban J connectivity index is 0.0000000921. The lowest BCUT2D eigenvalue weighted by Gasteiger charge is -2.22. The predicted molar refractivity (Wildman–Crippen MR) is 619 cm³/mol. The molecule has 0 spiro atoms. The molecular formula is C134H77N9O3S4. The van der Waals surface area contributed by atoms with Crippen LogP contribution in [0.2, 0.25) is 0 Å². The van der Waals surface area contributed by atoms with Gasteiger partial charge in [0.2, 0.25) is 0 Å². The first-order valence-electron chi connectivity index (χ1n) is 49.8. The van der Waals surface area contributed by atoms with Crippen LogP contribution < -0.4 is 0 Å². The van der Waals surface area contributed by atoms with Crippen molar-refractivity contribution in [3.63, 3.8) is 0 Å². The van der Waals surface area contributed by atoms with Crippen molar-refractivity contribution < 1.29 is 13.3 Å². The third-order valence-electron chi connectivity index (χ3n) is 29.5. The highest BCUT2D eigenvalue weighted by Gasteiger charge is 2.34. The Labute approximate surface area is 875 Å². The van der Waals surface area contributed by atoms with E-state index in [1.165, 1.54) is 100 Å². The molecule has 4 aliphatic carbocycles. The van der Waals surface area contributed by atoms with Gasteiger partial charge in [0.15, 0.2) is 0 Å². The number of thiophene rings is 4. The fourth-order valence-corrected chi connectivity index (χ4v) is 27.2. The standard InChI is InChI=1S/C38H23N3O.2C32H18N2OS.C32H18N2S2/c1-2-9-25(10-3-1)41-20-19-31-34-22-39-23-40-36(34)29-13-5-4-11-27(29)33-21-24(17-18-30(33)37(31)41)26-14-8-15-32-28-12-6-7-16-35(28)42-38(26)32;1-2-10-21-19(8-1)25-16-17-36-32(25)24-12-4-3-11-22(24)29-30(21)34-27(18-33-29)26-14-7-13-23-20-9-5-6-15-28(20)35-31(23)26;1-2-10-21-19(8-1)24-16-17-35-31(24)23-12-4-3-11-22(23)29-30(21)34-27(18-33-29)26-14-7-13-25-20-9-5-6-15-28(20)36-32(25)26;1-2-8-23-21(6-1)27-16-19(20-9-5-10-24-22-7-3-4-11-29(22)36-32(20)24)12-13-25(27)31-26(14-15-35-31)28-17-33-18-34-30(23)28/h1-23H;3*1-18H. The van der Waals surface area contributed by atoms with Gasteiger partial charge in [0, 0.05) is 202 Å². The summed E-state index contributed by atoms with van der Waals surface area (Å²) in [5, 5.41) is 14.0. The first-order chi connectivity index (χ1) is 74.4. The molecule has 12 heterocycles. The van der Waals surface area contributed by atoms with E-state index in [1.54, 1.807) is 41.6 Å². The minimum absolute atomic E-state index is 0.803. The van der Waals surface area contributed by atoms with E-state index in [4.69, 9.17) is 43.2 Å². The van der Waals surface area contributed by atoms with Crippen molar-refractivity contribution in [1.82, 2.24) is 44.4 Å². The van der Waals surface area contributed by atoms with E-state index in [1.807, 2.05) is 96.0 Å². The fraction of sp³-hybridized carbons (Fsp3) is 0. The molecule has 12 nitrogen and oxygen atoms in total. The van der Waals surface area contributed by atoms with Crippen LogP contribution in [0.25, 0.3) is 312 Å². The summed E-state index contributed by atoms with van der Waals surface area (Å²) in [6.07, 6.45) is 14.9. The van der Waals surface area contributed by atoms with Crippen molar-refractivity contribution in [2.24, 2.45) is 0 Å². The first kappa shape index (κ1) is 86.5. The SMILES string of the molecule is c1ccc(-n2ccc3c2-c2ccc(-c4cccc5c4oc4ccccc45)cc2-c2ccccc2-c2ncncc2-3)cc1.c1ccc2c(c1)-c1cc(-c3cccc4c3sc3ccccc34)ccc1-c1sccc1-c1cncnc1-2.c1ccc2c(c1)-c1ccoc1-c1ccccc1-c1ncc(-c3cccc4c3sc3ccccc34)nc1-2.c1ccc2c(c1)-c1ccsc1-c1ccccc1-c1ncc(-c3cccc4c3oc3ccccc34)nc1-2. The zero-order chi connectivity index (χ0) is 98.5. The summed E-state index contributed by atoms with van der Waals surface area (Å²) in [7, 11) is 0. The zero-order valence-electron chi connectivity index (χ0n) is 79.8. The number of nitrogens with zero attached hydrogens (tertiary/aromatic N) is 9. The molecule has 0 fully saturated rings. The van der Waals surface area contributed by atoms with Crippen LogP contribution in [0.1, 0.15) is 0 Å². The molecule has 0 unspecified atom stereocenters. The van der Waals surface area contributed by atoms with Crippen LogP contribution in [0.3, 0.4) is 0 Å². The summed E-state index contributed by atoms with van der Waals surface area (Å²) in [6.45, 7) is 0. The molecule has 4 aliphatic rings. The van der Waals surface area contributed by atoms with Crippen LogP contribution in [0.5, 0.6) is 0 Å². The van der Waals surface area contributed by atoms with E-state index in [2.05, 4.69) is 389 Å². The predicted octanol–water partition coefficient (Wildman–Crippen LogP) is 37.5. The van der Waals surface area contributed by atoms with Crippen LogP contribution >= 0.6 is 45.3 Å². The first-order valence-corrected chi connectivity index (χ1v) is 53.2. The van der Waals surface area contributed by atoms with Gasteiger partial charge in [0.25, 0.3) is 0 Å². The molecule has 12 aromatic heterocycles. The fourth-order valence-electron chi connectivity index (χ4n) is 22.8. The van der Waals surface area contributed by atoms with Crippen LogP contribution in [0.15, 0.2) is 480 Å². The lowest BCUT2D eigenvalue weighted by molar-refractivity contribution is 0.583. The summed E-state index contributed by atoms with van der Waals surface area (Å²) >= 11 is 7.25. The average Bonchev–Trinajstić information content (AvgIpc) is 1.45. The van der Waals surface area contributed by atoms with Crippen molar-refractivity contribution in [2.75, 3.05) is 0 Å². The maximum Gasteiger partial charge on any atom is 0.144 e. The Kier molecular flexibility index (Phi) is 20.5. The van der Waals surface area contributed by atoms with Gasteiger partial charge in [0.1, 0.15) is 40.7 Å². The van der Waals surface area contributed by atoms with Gasteiger partial charge in [-0.05, 0) is 140 Å². The van der Waals surface area contributed by atoms with Gasteiger partial charge >= 0.3 is 0 Å². The summed E-state index contributed by atoms with van der Waals surface area (Å²) in [5.74, 6) is 0.865. The smallest absolute Gasteiger partial charge is 0.144 e. The third-order valence-corrected chi connectivity index (χ3v) is 33.9. The van der Waals surface area contributed by atoms with E-state index >= 15 is 0 Å². The van der Waals surface area contributed by atoms with Crippen molar-refractivity contribution >= 4 is 130 Å². The highest BCUT2D eigenvalue weighted by atomic mass is 32.1. The lowest BCUT2D eigenvalue weighted by atomic mass is 9.84. The van der Waals surface area contributed by atoms with Crippen LogP contribution in [0, 0.1) is 0 Å². The molecule has 0 amide bonds. The van der Waals surface area contributed by atoms with Crippen molar-refractivity contribution in [3.8, 4) is 228 Å². The van der Waals surface area contributed by atoms with Gasteiger partial charge in [-0.2, -0.15) is 0 Å². The summed E-state index contributed by atoms with van der Waals surface area (Å²) in [5.41, 5.74) is 44.6. The second-order valence-electron chi connectivity index (χ2n) is 37.7. The topological polar surface area (TPSA) is 147 Å². The van der Waals surface area contributed by atoms with Gasteiger partial charge in [0.05, 0.1) is 69.9 Å². The summed E-state index contributed by atoms with van der Waals surface area (Å²) < 4.78 is 26.2. The highest BCUT2D eigenvalue weighted by Crippen LogP contribution is 2.57. The van der Waals surface area contributed by atoms with Crippen molar-refractivity contribution in [2.45, 2.75) is 0 Å². The van der Waals surface area contributed by atoms with E-state index in [9.17, 15) is 0 Å². The Morgan fingerprint density at radius 3 is 1.22 bits per heavy atom. The van der Waals surface area contributed by atoms with Gasteiger partial charge in [-0.1, -0.05) is 328 Å². The maximum atomic E-state index is 6.44. The number of furan rings is 3. The molecule has 0 aliphatic heterocycles. The Bertz CT molecular complexity index is 10300. The number of aromatic nitrogens is 9. The number of hydrogen-bond donors (Lipinski definition) is 0. The summed E-state index contributed by atoms with van der Waals surface area (Å²) in [4.78, 5) is 41.6. The number of fused-ring (bicyclic) bond motifs is 44. The Morgan fingerprint density at radius 2 is 0.633 bits per heavy atom. The number of para-hydroxylation sites is 5. The molecule has 0 atom stereocenters. The number of benzene rings is 17. The van der Waals surface area contributed by atoms with Crippen molar-refractivity contribution in [1.29, 1.82) is 0 Å². The van der Waals surface area contributed by atoms with E-state index < -0.39 is 0 Å². The maximum absolute atomic E-state index is 6.44. The lowest BCUT2D eigenvalue weighted by Crippen LogP contribution is -2.02. The zero-order valence-corrected chi connectivity index (χ0v) is 83.1. The van der Waals surface area contributed by atoms with Gasteiger partial charge in [-0.3, -0.25) is 9.97 Å². The molecule has 0 radical (unpaired) electrons. The second-order valence-corrected chi connectivity index (χ2v) is 41.6. The number of hydrogen-bond acceptors (Lipinski definition) is 15. The molecule has 29 aromatic rings. The van der Waals surface area contributed by atoms with Gasteiger partial charge in [-0.15, -0.1) is 45.3 Å². The van der Waals surface area contributed by atoms with E-state index in [0.717, 1.165) is 212 Å². The highest BCUT2D eigenvalue weighted by molar-refractivity contribution is 7.26. The van der Waals surface area contributed by atoms with Gasteiger partial charge in [-0.25, -0.2) is 29.9 Å². The third kappa shape index (κ3) is 14.1. The molecule has 0 saturated carbocycles. The molecule has 700 valence electrons. The average molecular weight is 1990 g/mol. The minimum atomic E-state index is 0.803. The van der Waals surface area contributed by atoms with Crippen LogP contribution in [0.4, 0.5) is 0 Å². The van der Waals surface area contributed by atoms with E-state index in [-0.39, 0.29) is 0 Å². The van der Waals surface area contributed by atoms with Gasteiger partial charge < -0.3 is 17.8 Å². The van der Waals surface area contributed by atoms with Crippen molar-refractivity contribution in [3.05, 3.63) is 467 Å². The molecular weight excluding hydrogens is 1910 g/mol. The number of rotatable bonds is 5. The van der Waals surface area contributed by atoms with Crippen LogP contribution in [-0.2, 0) is 0 Å². The quantitative estimate of drug-likeness (QED) is 0.162. The monoisotopic (exact) mass is 1990 g/mol. The molecule has 17 aromatic carbocycles. The molecule has 0 N–H and O–H groups in total. The molecule has 33 rings (SSSR count). The molecule has 16 heteroatoms. The second kappa shape index (κ2) is 35.5. The largest absolute Gasteiger partial charge is 0.464 e. The summed E-state index contributed by atoms with van der Waals surface area (Å²) in [6, 6.07) is 143. The van der Waals surface area contributed by atoms with Crippen LogP contribution in [-0.4, -0.2) is 44.4 Å². The minimum Gasteiger partial charge on any atom is -0.464 e. The Hall–Kier alpha value is -18.9. The molecule has 0 saturated heterocycles. The normalized spacial score (nSPS) is 11.9. The molecule has 150 heavy (non-hydrogen) atoms. The van der Waals surface area contributed by atoms with E-state index in [0.29, 0.717) is 0 Å².